The summed E-state index contributed by atoms with van der Waals surface area (Å²) in [5, 5.41) is 9.76. The summed E-state index contributed by atoms with van der Waals surface area (Å²) in [7, 11) is 1.78. The molecule has 1 heterocycles. The Bertz CT molecular complexity index is 715. The number of hydrogen-bond acceptors (Lipinski definition) is 5. The summed E-state index contributed by atoms with van der Waals surface area (Å²) >= 11 is 0. The number of guanidine groups is 1. The number of benzene rings is 1. The Balaban J connectivity index is 0.00000544. The molecule has 9 heteroatoms. The lowest BCUT2D eigenvalue weighted by molar-refractivity contribution is -0.116. The second-order valence-corrected chi connectivity index (χ2v) is 8.73. The van der Waals surface area contributed by atoms with Gasteiger partial charge in [0.05, 0.1) is 13.2 Å². The Hall–Kier alpha value is -1.43. The largest absolute Gasteiger partial charge is 0.379 e. The van der Waals surface area contributed by atoms with Gasteiger partial charge in [0, 0.05) is 70.5 Å². The molecule has 1 saturated heterocycles. The lowest BCUT2D eigenvalue weighted by Gasteiger charge is -2.30. The average molecular weight is 575 g/mol. The summed E-state index contributed by atoms with van der Waals surface area (Å²) in [5.41, 5.74) is 1.91. The smallest absolute Gasteiger partial charge is 0.225 e. The number of carbonyl (C=O) groups is 1. The Morgan fingerprint density at radius 2 is 1.85 bits per heavy atom. The minimum Gasteiger partial charge on any atom is -0.379 e. The number of rotatable bonds is 11. The average Bonchev–Trinajstić information content (AvgIpc) is 2.77. The molecule has 0 spiro atoms. The van der Waals surface area contributed by atoms with Crippen LogP contribution in [0.15, 0.2) is 29.3 Å². The third kappa shape index (κ3) is 11.5. The summed E-state index contributed by atoms with van der Waals surface area (Å²) in [6.07, 6.45) is 0.489. The van der Waals surface area contributed by atoms with Crippen molar-refractivity contribution < 1.29 is 9.53 Å². The van der Waals surface area contributed by atoms with E-state index in [4.69, 9.17) is 4.74 Å². The van der Waals surface area contributed by atoms with Crippen LogP contribution in [0, 0.1) is 0 Å². The summed E-state index contributed by atoms with van der Waals surface area (Å²) < 4.78 is 5.35. The summed E-state index contributed by atoms with van der Waals surface area (Å²) in [6.45, 7) is 15.4. The monoisotopic (exact) mass is 574 g/mol. The maximum Gasteiger partial charge on any atom is 0.225 e. The molecule has 0 bridgehead atoms. The van der Waals surface area contributed by atoms with Gasteiger partial charge < -0.3 is 20.7 Å². The molecule has 188 valence electrons. The number of nitrogens with zero attached hydrogens (tertiary/aromatic N) is 3. The van der Waals surface area contributed by atoms with Crippen LogP contribution >= 0.6 is 24.0 Å². The predicted octanol–water partition coefficient (Wildman–Crippen LogP) is 2.75. The minimum absolute atomic E-state index is 0. The number of morpholine rings is 1. The van der Waals surface area contributed by atoms with Gasteiger partial charge in [0.2, 0.25) is 5.91 Å². The highest BCUT2D eigenvalue weighted by molar-refractivity contribution is 14.0. The molecule has 2 rings (SSSR count). The van der Waals surface area contributed by atoms with E-state index in [1.807, 2.05) is 24.3 Å². The van der Waals surface area contributed by atoms with Gasteiger partial charge in [0.25, 0.3) is 0 Å². The van der Waals surface area contributed by atoms with Gasteiger partial charge in [-0.3, -0.25) is 19.6 Å². The van der Waals surface area contributed by atoms with Crippen molar-refractivity contribution in [3.05, 3.63) is 29.8 Å². The van der Waals surface area contributed by atoms with Crippen LogP contribution in [0.5, 0.6) is 0 Å². The van der Waals surface area contributed by atoms with Crippen LogP contribution in [0.3, 0.4) is 0 Å². The molecule has 0 unspecified atom stereocenters. The second kappa shape index (κ2) is 16.2. The molecule has 8 nitrogen and oxygen atoms in total. The fraction of sp³-hybridized carbons (Fsp3) is 0.667. The van der Waals surface area contributed by atoms with E-state index in [9.17, 15) is 4.79 Å². The van der Waals surface area contributed by atoms with Gasteiger partial charge >= 0.3 is 0 Å². The topological polar surface area (TPSA) is 81.2 Å². The Morgan fingerprint density at radius 1 is 1.15 bits per heavy atom. The number of anilines is 1. The second-order valence-electron chi connectivity index (χ2n) is 8.73. The van der Waals surface area contributed by atoms with Crippen LogP contribution in [0.2, 0.25) is 0 Å². The fourth-order valence-electron chi connectivity index (χ4n) is 3.89. The van der Waals surface area contributed by atoms with Gasteiger partial charge in [-0.25, -0.2) is 0 Å². The Morgan fingerprint density at radius 3 is 2.48 bits per heavy atom. The zero-order valence-corrected chi connectivity index (χ0v) is 23.2. The Labute approximate surface area is 216 Å². The van der Waals surface area contributed by atoms with Crippen molar-refractivity contribution in [2.75, 3.05) is 58.3 Å². The number of ether oxygens (including phenoxy) is 1. The van der Waals surface area contributed by atoms with Crippen LogP contribution in [-0.2, 0) is 16.1 Å². The molecular weight excluding hydrogens is 531 g/mol. The molecule has 1 aliphatic rings. The highest BCUT2D eigenvalue weighted by Gasteiger charge is 2.13. The maximum atomic E-state index is 12.3. The number of aliphatic imine (C=N–C) groups is 1. The summed E-state index contributed by atoms with van der Waals surface area (Å²) in [5.74, 6) is 0.816. The molecule has 3 N–H and O–H groups in total. The maximum absolute atomic E-state index is 12.3. The first-order valence-electron chi connectivity index (χ1n) is 11.8. The quantitative estimate of drug-likeness (QED) is 0.214. The van der Waals surface area contributed by atoms with Gasteiger partial charge in [0.1, 0.15) is 0 Å². The molecule has 0 saturated carbocycles. The molecule has 1 aromatic rings. The predicted molar refractivity (Wildman–Crippen MR) is 148 cm³/mol. The van der Waals surface area contributed by atoms with Crippen LogP contribution in [-0.4, -0.2) is 86.7 Å². The van der Waals surface area contributed by atoms with Crippen LogP contribution in [0.4, 0.5) is 5.69 Å². The van der Waals surface area contributed by atoms with Crippen molar-refractivity contribution in [1.82, 2.24) is 20.4 Å². The van der Waals surface area contributed by atoms with Gasteiger partial charge in [-0.1, -0.05) is 12.1 Å². The lowest BCUT2D eigenvalue weighted by atomic mass is 10.2. The number of amides is 1. The van der Waals surface area contributed by atoms with Crippen LogP contribution in [0.25, 0.3) is 0 Å². The third-order valence-electron chi connectivity index (χ3n) is 5.64. The van der Waals surface area contributed by atoms with Crippen molar-refractivity contribution >= 4 is 41.5 Å². The van der Waals surface area contributed by atoms with E-state index in [1.54, 1.807) is 7.05 Å². The first-order valence-corrected chi connectivity index (χ1v) is 11.8. The fourth-order valence-corrected chi connectivity index (χ4v) is 3.89. The van der Waals surface area contributed by atoms with Crippen LogP contribution < -0.4 is 16.0 Å². The van der Waals surface area contributed by atoms with E-state index < -0.39 is 0 Å². The van der Waals surface area contributed by atoms with Gasteiger partial charge in [0.15, 0.2) is 5.96 Å². The van der Waals surface area contributed by atoms with Crippen molar-refractivity contribution in [2.45, 2.75) is 52.7 Å². The molecule has 33 heavy (non-hydrogen) atoms. The molecule has 0 atom stereocenters. The highest BCUT2D eigenvalue weighted by atomic mass is 127. The normalized spacial score (nSPS) is 15.0. The molecule has 1 aliphatic heterocycles. The molecule has 0 aromatic heterocycles. The number of carbonyl (C=O) groups excluding carboxylic acids is 1. The van der Waals surface area contributed by atoms with Crippen molar-refractivity contribution in [3.8, 4) is 0 Å². The molecule has 0 aliphatic carbocycles. The van der Waals surface area contributed by atoms with E-state index in [0.29, 0.717) is 25.0 Å². The minimum atomic E-state index is 0. The van der Waals surface area contributed by atoms with Gasteiger partial charge in [-0.05, 0) is 45.4 Å². The summed E-state index contributed by atoms with van der Waals surface area (Å²) in [4.78, 5) is 21.4. The molecule has 1 fully saturated rings. The van der Waals surface area contributed by atoms with Crippen molar-refractivity contribution in [2.24, 2.45) is 4.99 Å². The SMILES string of the molecule is CN=C(NCCN(C(C)C)C(C)C)NCc1cccc(NC(=O)CCN2CCOCC2)c1.I. The number of halogens is 1. The Kier molecular flexibility index (Phi) is 14.6. The highest BCUT2D eigenvalue weighted by Crippen LogP contribution is 2.11. The molecule has 1 amide bonds. The third-order valence-corrected chi connectivity index (χ3v) is 5.64. The number of nitrogens with one attached hydrogen (secondary N) is 3. The van der Waals surface area contributed by atoms with Crippen molar-refractivity contribution in [1.29, 1.82) is 0 Å². The van der Waals surface area contributed by atoms with Crippen LogP contribution in [0.1, 0.15) is 39.7 Å². The van der Waals surface area contributed by atoms with Crippen molar-refractivity contribution in [3.63, 3.8) is 0 Å². The van der Waals surface area contributed by atoms with E-state index >= 15 is 0 Å². The van der Waals surface area contributed by atoms with E-state index in [0.717, 1.165) is 63.1 Å². The van der Waals surface area contributed by atoms with E-state index in [2.05, 4.69) is 58.4 Å². The van der Waals surface area contributed by atoms with E-state index in [1.165, 1.54) is 0 Å². The first kappa shape index (κ1) is 29.6. The molecule has 0 radical (unpaired) electrons. The number of hydrogen-bond donors (Lipinski definition) is 3. The molecule has 1 aromatic carbocycles. The first-order chi connectivity index (χ1) is 15.4. The van der Waals surface area contributed by atoms with E-state index in [-0.39, 0.29) is 29.9 Å². The summed E-state index contributed by atoms with van der Waals surface area (Å²) in [6, 6.07) is 8.97. The van der Waals surface area contributed by atoms with Gasteiger partial charge in [-0.2, -0.15) is 0 Å². The van der Waals surface area contributed by atoms with Gasteiger partial charge in [-0.15, -0.1) is 24.0 Å². The lowest BCUT2D eigenvalue weighted by Crippen LogP contribution is -2.45. The zero-order chi connectivity index (χ0) is 23.3. The zero-order valence-electron chi connectivity index (χ0n) is 20.9. The molecular formula is C24H43IN6O2. The standard InChI is InChI=1S/C24H42N6O2.HI/c1-19(2)30(20(3)4)12-10-26-24(25-5)27-18-21-7-6-8-22(17-21)28-23(31)9-11-29-13-15-32-16-14-29;/h6-8,17,19-20H,9-16,18H2,1-5H3,(H,28,31)(H2,25,26,27);1H.